The third kappa shape index (κ3) is 3.85. The van der Waals surface area contributed by atoms with Gasteiger partial charge in [-0.15, -0.1) is 0 Å². The normalized spacial score (nSPS) is 20.6. The van der Waals surface area contributed by atoms with E-state index in [4.69, 9.17) is 11.6 Å². The molecule has 1 aliphatic carbocycles. The van der Waals surface area contributed by atoms with E-state index in [1.165, 1.54) is 6.07 Å². The van der Waals surface area contributed by atoms with Crippen molar-refractivity contribution in [1.82, 2.24) is 10.2 Å². The second-order valence-electron chi connectivity index (χ2n) is 7.56. The number of nitrogens with zero attached hydrogens (tertiary/aromatic N) is 1. The van der Waals surface area contributed by atoms with Gasteiger partial charge in [0.15, 0.2) is 0 Å². The molecule has 2 N–H and O–H groups in total. The SMILES string of the molecule is O=C(CN1C(=O)NC2(CCc3ccccc3C2)C1=O)Nc1c(Cl)cccc1C(F)(F)F. The van der Waals surface area contributed by atoms with Crippen LogP contribution in [0.25, 0.3) is 0 Å². The number of amides is 4. The number of carbonyl (C=O) groups is 3. The van der Waals surface area contributed by atoms with Crippen LogP contribution in [0.15, 0.2) is 42.5 Å². The van der Waals surface area contributed by atoms with Crippen molar-refractivity contribution in [1.29, 1.82) is 0 Å². The zero-order chi connectivity index (χ0) is 22.4. The maximum absolute atomic E-state index is 13.2. The van der Waals surface area contributed by atoms with E-state index >= 15 is 0 Å². The summed E-state index contributed by atoms with van der Waals surface area (Å²) < 4.78 is 39.7. The van der Waals surface area contributed by atoms with Crippen molar-refractivity contribution >= 4 is 35.1 Å². The third-order valence-electron chi connectivity index (χ3n) is 5.56. The fourth-order valence-electron chi connectivity index (χ4n) is 4.05. The molecule has 6 nitrogen and oxygen atoms in total. The van der Waals surface area contributed by atoms with E-state index in [0.717, 1.165) is 28.2 Å². The van der Waals surface area contributed by atoms with Crippen molar-refractivity contribution in [3.63, 3.8) is 0 Å². The molecule has 0 saturated carbocycles. The minimum Gasteiger partial charge on any atom is -0.323 e. The summed E-state index contributed by atoms with van der Waals surface area (Å²) in [6, 6.07) is 9.91. The molecule has 1 spiro atoms. The van der Waals surface area contributed by atoms with Gasteiger partial charge in [0.25, 0.3) is 5.91 Å². The molecule has 0 radical (unpaired) electrons. The van der Waals surface area contributed by atoms with Crippen LogP contribution in [0.5, 0.6) is 0 Å². The highest BCUT2D eigenvalue weighted by Crippen LogP contribution is 2.38. The Balaban J connectivity index is 1.52. The van der Waals surface area contributed by atoms with Crippen molar-refractivity contribution < 1.29 is 27.6 Å². The van der Waals surface area contributed by atoms with Crippen LogP contribution >= 0.6 is 11.6 Å². The minimum absolute atomic E-state index is 0.286. The summed E-state index contributed by atoms with van der Waals surface area (Å²) in [4.78, 5) is 38.7. The van der Waals surface area contributed by atoms with E-state index < -0.39 is 47.4 Å². The van der Waals surface area contributed by atoms with Gasteiger partial charge >= 0.3 is 12.2 Å². The number of anilines is 1. The quantitative estimate of drug-likeness (QED) is 0.697. The van der Waals surface area contributed by atoms with Crippen LogP contribution in [0.2, 0.25) is 5.02 Å². The molecule has 162 valence electrons. The smallest absolute Gasteiger partial charge is 0.323 e. The van der Waals surface area contributed by atoms with Crippen LogP contribution in [0.1, 0.15) is 23.1 Å². The number of nitrogens with one attached hydrogen (secondary N) is 2. The fraction of sp³-hybridized carbons (Fsp3) is 0.286. The number of fused-ring (bicyclic) bond motifs is 1. The first-order chi connectivity index (χ1) is 14.6. The molecule has 0 bridgehead atoms. The second kappa shape index (κ2) is 7.56. The Morgan fingerprint density at radius 3 is 2.55 bits per heavy atom. The lowest BCUT2D eigenvalue weighted by atomic mass is 9.78. The van der Waals surface area contributed by atoms with Crippen molar-refractivity contribution in [3.05, 3.63) is 64.2 Å². The molecule has 1 unspecified atom stereocenters. The summed E-state index contributed by atoms with van der Waals surface area (Å²) in [6.07, 6.45) is -3.51. The number of rotatable bonds is 3. The molecule has 1 atom stereocenters. The second-order valence-corrected chi connectivity index (χ2v) is 7.96. The van der Waals surface area contributed by atoms with E-state index in [2.05, 4.69) is 10.6 Å². The summed E-state index contributed by atoms with van der Waals surface area (Å²) in [5.41, 5.74) is -0.877. The number of halogens is 4. The van der Waals surface area contributed by atoms with E-state index in [9.17, 15) is 27.6 Å². The van der Waals surface area contributed by atoms with Crippen LogP contribution < -0.4 is 10.6 Å². The highest BCUT2D eigenvalue weighted by atomic mass is 35.5. The number of carbonyl (C=O) groups excluding carboxylic acids is 3. The van der Waals surface area contributed by atoms with Crippen LogP contribution in [-0.4, -0.2) is 34.8 Å². The zero-order valence-corrected chi connectivity index (χ0v) is 16.8. The Morgan fingerprint density at radius 2 is 1.84 bits per heavy atom. The summed E-state index contributed by atoms with van der Waals surface area (Å²) >= 11 is 5.84. The average molecular weight is 452 g/mol. The lowest BCUT2D eigenvalue weighted by molar-refractivity contribution is -0.137. The summed E-state index contributed by atoms with van der Waals surface area (Å²) in [5.74, 6) is -1.53. The molecular weight excluding hydrogens is 435 g/mol. The molecule has 2 aliphatic rings. The standard InChI is InChI=1S/C21H17ClF3N3O3/c22-15-7-3-6-14(21(23,24)25)17(15)26-16(29)11-28-18(30)20(27-19(28)31)9-8-12-4-1-2-5-13(12)10-20/h1-7H,8-11H2,(H,26,29)(H,27,31). The number of benzene rings is 2. The van der Waals surface area contributed by atoms with Crippen molar-refractivity contribution in [2.24, 2.45) is 0 Å². The predicted molar refractivity (Wildman–Crippen MR) is 107 cm³/mol. The average Bonchev–Trinajstić information content (AvgIpc) is 2.92. The number of hydrogen-bond donors (Lipinski definition) is 2. The molecule has 1 saturated heterocycles. The lowest BCUT2D eigenvalue weighted by Gasteiger charge is -2.32. The van der Waals surface area contributed by atoms with E-state index in [1.54, 1.807) is 0 Å². The van der Waals surface area contributed by atoms with E-state index in [1.807, 2.05) is 24.3 Å². The first-order valence-corrected chi connectivity index (χ1v) is 9.85. The molecule has 31 heavy (non-hydrogen) atoms. The van der Waals surface area contributed by atoms with Gasteiger partial charge in [-0.05, 0) is 36.1 Å². The van der Waals surface area contributed by atoms with Gasteiger partial charge in [-0.2, -0.15) is 13.2 Å². The molecule has 0 aromatic heterocycles. The van der Waals surface area contributed by atoms with Crippen LogP contribution in [0.4, 0.5) is 23.7 Å². The molecule has 4 rings (SSSR count). The minimum atomic E-state index is -4.74. The number of imide groups is 1. The van der Waals surface area contributed by atoms with Gasteiger partial charge < -0.3 is 10.6 Å². The highest BCUT2D eigenvalue weighted by Gasteiger charge is 2.52. The molecule has 1 aliphatic heterocycles. The third-order valence-corrected chi connectivity index (χ3v) is 5.88. The maximum atomic E-state index is 13.2. The van der Waals surface area contributed by atoms with Crippen LogP contribution in [0, 0.1) is 0 Å². The molecule has 1 fully saturated rings. The van der Waals surface area contributed by atoms with Gasteiger partial charge in [0.2, 0.25) is 5.91 Å². The topological polar surface area (TPSA) is 78.5 Å². The van der Waals surface area contributed by atoms with Gasteiger partial charge in [0, 0.05) is 6.42 Å². The zero-order valence-electron chi connectivity index (χ0n) is 16.1. The van der Waals surface area contributed by atoms with E-state index in [0.29, 0.717) is 12.8 Å². The first-order valence-electron chi connectivity index (χ1n) is 9.47. The Hall–Kier alpha value is -3.07. The van der Waals surface area contributed by atoms with Gasteiger partial charge in [-0.25, -0.2) is 4.79 Å². The van der Waals surface area contributed by atoms with Crippen molar-refractivity contribution in [2.75, 3.05) is 11.9 Å². The predicted octanol–water partition coefficient (Wildman–Crippen LogP) is 3.78. The number of urea groups is 1. The molecule has 2 aromatic rings. The Bertz CT molecular complexity index is 1090. The monoisotopic (exact) mass is 451 g/mol. The molecular formula is C21H17ClF3N3O3. The number of aryl methyl sites for hydroxylation is 1. The van der Waals surface area contributed by atoms with Crippen LogP contribution in [0.3, 0.4) is 0 Å². The Kier molecular flexibility index (Phi) is 5.17. The molecule has 10 heteroatoms. The summed E-state index contributed by atoms with van der Waals surface area (Å²) in [5, 5.41) is 4.47. The largest absolute Gasteiger partial charge is 0.418 e. The Labute approximate surface area is 180 Å². The number of alkyl halides is 3. The number of hydrogen-bond acceptors (Lipinski definition) is 3. The maximum Gasteiger partial charge on any atom is 0.418 e. The molecule has 2 aromatic carbocycles. The Morgan fingerprint density at radius 1 is 1.13 bits per heavy atom. The number of para-hydroxylation sites is 1. The fourth-order valence-corrected chi connectivity index (χ4v) is 4.28. The van der Waals surface area contributed by atoms with Gasteiger partial charge in [-0.1, -0.05) is 41.9 Å². The van der Waals surface area contributed by atoms with Gasteiger partial charge in [0.05, 0.1) is 16.3 Å². The van der Waals surface area contributed by atoms with Crippen LogP contribution in [-0.2, 0) is 28.6 Å². The van der Waals surface area contributed by atoms with Gasteiger partial charge in [0.1, 0.15) is 12.1 Å². The molecule has 4 amide bonds. The first kappa shape index (κ1) is 21.2. The summed E-state index contributed by atoms with van der Waals surface area (Å²) in [7, 11) is 0. The lowest BCUT2D eigenvalue weighted by Crippen LogP contribution is -2.51. The highest BCUT2D eigenvalue weighted by molar-refractivity contribution is 6.34. The molecule has 1 heterocycles. The van der Waals surface area contributed by atoms with Crippen molar-refractivity contribution in [3.8, 4) is 0 Å². The summed E-state index contributed by atoms with van der Waals surface area (Å²) in [6.45, 7) is -0.726. The van der Waals surface area contributed by atoms with Gasteiger partial charge in [-0.3, -0.25) is 14.5 Å². The van der Waals surface area contributed by atoms with Crippen molar-refractivity contribution in [2.45, 2.75) is 31.0 Å². The van der Waals surface area contributed by atoms with E-state index in [-0.39, 0.29) is 11.4 Å².